The Morgan fingerprint density at radius 2 is 2.11 bits per heavy atom. The van der Waals surface area contributed by atoms with E-state index in [0.29, 0.717) is 11.0 Å². The predicted molar refractivity (Wildman–Crippen MR) is 84.5 cm³/mol. The second-order valence-corrected chi connectivity index (χ2v) is 5.81. The van der Waals surface area contributed by atoms with Crippen molar-refractivity contribution in [1.29, 1.82) is 0 Å². The van der Waals surface area contributed by atoms with Gasteiger partial charge in [0.15, 0.2) is 5.16 Å². The molecule has 0 bridgehead atoms. The van der Waals surface area contributed by atoms with Crippen LogP contribution >= 0.6 is 27.7 Å². The Morgan fingerprint density at radius 3 is 2.79 bits per heavy atom. The van der Waals surface area contributed by atoms with Gasteiger partial charge in [-0.3, -0.25) is 0 Å². The molecule has 0 unspecified atom stereocenters. The third-order valence-electron chi connectivity index (χ3n) is 2.59. The van der Waals surface area contributed by atoms with Crippen molar-refractivity contribution in [3.63, 3.8) is 0 Å². The van der Waals surface area contributed by atoms with Gasteiger partial charge in [-0.1, -0.05) is 39.8 Å². The van der Waals surface area contributed by atoms with Gasteiger partial charge in [0.1, 0.15) is 11.6 Å². The average molecular weight is 339 g/mol. The molecule has 0 saturated carbocycles. The minimum absolute atomic E-state index is 0.496. The first-order valence-corrected chi connectivity index (χ1v) is 7.74. The Morgan fingerprint density at radius 1 is 1.32 bits per heavy atom. The lowest BCUT2D eigenvalue weighted by atomic mass is 10.2. The molecule has 4 nitrogen and oxygen atoms in total. The van der Waals surface area contributed by atoms with Crippen molar-refractivity contribution in [2.75, 3.05) is 23.9 Å². The molecular weight excluding hydrogens is 324 g/mol. The largest absolute Gasteiger partial charge is 0.383 e. The molecule has 0 fully saturated rings. The summed E-state index contributed by atoms with van der Waals surface area (Å²) in [6.07, 6.45) is 1.94. The minimum atomic E-state index is 0.496. The molecule has 0 radical (unpaired) electrons. The molecule has 0 saturated heterocycles. The number of aromatic nitrogens is 2. The van der Waals surface area contributed by atoms with E-state index in [0.717, 1.165) is 16.8 Å². The van der Waals surface area contributed by atoms with Gasteiger partial charge in [-0.15, -0.1) is 0 Å². The number of benzene rings is 1. The van der Waals surface area contributed by atoms with Gasteiger partial charge in [0.25, 0.3) is 0 Å². The number of anilines is 2. The lowest BCUT2D eigenvalue weighted by molar-refractivity contribution is 0.859. The third kappa shape index (κ3) is 3.84. The van der Waals surface area contributed by atoms with Crippen molar-refractivity contribution in [3.8, 4) is 0 Å². The lowest BCUT2D eigenvalue weighted by Gasteiger charge is -2.19. The zero-order valence-electron chi connectivity index (χ0n) is 10.8. The van der Waals surface area contributed by atoms with Crippen LogP contribution in [-0.2, 0) is 6.54 Å². The molecule has 0 spiro atoms. The molecule has 1 heterocycles. The summed E-state index contributed by atoms with van der Waals surface area (Å²) in [7, 11) is 1.99. The number of nitrogens with zero attached hydrogens (tertiary/aromatic N) is 3. The summed E-state index contributed by atoms with van der Waals surface area (Å²) in [5.74, 6) is 1.33. The number of nitrogen functional groups attached to an aromatic ring is 1. The molecule has 0 aliphatic heterocycles. The van der Waals surface area contributed by atoms with E-state index in [2.05, 4.69) is 42.9 Å². The van der Waals surface area contributed by atoms with Crippen LogP contribution in [-0.4, -0.2) is 23.3 Å². The van der Waals surface area contributed by atoms with Crippen LogP contribution in [0.4, 0.5) is 11.6 Å². The van der Waals surface area contributed by atoms with Crippen molar-refractivity contribution in [1.82, 2.24) is 9.97 Å². The predicted octanol–water partition coefficient (Wildman–Crippen LogP) is 3.18. The van der Waals surface area contributed by atoms with Crippen LogP contribution in [0.3, 0.4) is 0 Å². The lowest BCUT2D eigenvalue weighted by Crippen LogP contribution is -2.18. The third-order valence-corrected chi connectivity index (χ3v) is 3.64. The second kappa shape index (κ2) is 6.25. The van der Waals surface area contributed by atoms with E-state index in [1.54, 1.807) is 6.07 Å². The summed E-state index contributed by atoms with van der Waals surface area (Å²) in [5, 5.41) is 0.691. The monoisotopic (exact) mass is 338 g/mol. The van der Waals surface area contributed by atoms with Crippen molar-refractivity contribution in [2.45, 2.75) is 11.7 Å². The van der Waals surface area contributed by atoms with Crippen LogP contribution in [0.5, 0.6) is 0 Å². The summed E-state index contributed by atoms with van der Waals surface area (Å²) in [6, 6.07) is 10.0. The van der Waals surface area contributed by atoms with Crippen LogP contribution in [0.1, 0.15) is 5.56 Å². The highest BCUT2D eigenvalue weighted by Crippen LogP contribution is 2.20. The molecule has 19 heavy (non-hydrogen) atoms. The number of nitrogens with two attached hydrogens (primary N) is 1. The summed E-state index contributed by atoms with van der Waals surface area (Å²) in [6.45, 7) is 0.768. The Hall–Kier alpha value is -1.27. The maximum atomic E-state index is 5.79. The van der Waals surface area contributed by atoms with E-state index >= 15 is 0 Å². The van der Waals surface area contributed by atoms with Gasteiger partial charge >= 0.3 is 0 Å². The fraction of sp³-hybridized carbons (Fsp3) is 0.231. The van der Waals surface area contributed by atoms with E-state index in [-0.39, 0.29) is 0 Å². The molecule has 0 amide bonds. The summed E-state index contributed by atoms with van der Waals surface area (Å²) >= 11 is 4.96. The van der Waals surface area contributed by atoms with E-state index in [1.165, 1.54) is 17.3 Å². The van der Waals surface area contributed by atoms with Crippen LogP contribution < -0.4 is 10.6 Å². The number of halogens is 1. The zero-order valence-corrected chi connectivity index (χ0v) is 13.2. The van der Waals surface area contributed by atoms with Gasteiger partial charge in [-0.2, -0.15) is 0 Å². The van der Waals surface area contributed by atoms with Crippen molar-refractivity contribution in [3.05, 3.63) is 40.4 Å². The molecule has 2 N–H and O–H groups in total. The Balaban J connectivity index is 2.20. The van der Waals surface area contributed by atoms with Crippen molar-refractivity contribution < 1.29 is 0 Å². The van der Waals surface area contributed by atoms with E-state index in [1.807, 2.05) is 25.4 Å². The first-order valence-electron chi connectivity index (χ1n) is 5.72. The molecule has 100 valence electrons. The van der Waals surface area contributed by atoms with Gasteiger partial charge in [-0.25, -0.2) is 9.97 Å². The quantitative estimate of drug-likeness (QED) is 0.685. The Labute approximate surface area is 125 Å². The molecule has 0 aliphatic rings. The van der Waals surface area contributed by atoms with Crippen LogP contribution in [0.15, 0.2) is 40.0 Å². The highest BCUT2D eigenvalue weighted by molar-refractivity contribution is 9.10. The SMILES string of the molecule is CSc1nc(N)cc(N(C)Cc2cccc(Br)c2)n1. The van der Waals surface area contributed by atoms with Gasteiger partial charge < -0.3 is 10.6 Å². The van der Waals surface area contributed by atoms with Crippen molar-refractivity contribution >= 4 is 39.3 Å². The standard InChI is InChI=1S/C13H15BrN4S/c1-18(8-9-4-3-5-10(14)6-9)12-7-11(15)16-13(17-12)19-2/h3-7H,8H2,1-2H3,(H2,15,16,17). The maximum absolute atomic E-state index is 5.79. The van der Waals surface area contributed by atoms with E-state index < -0.39 is 0 Å². The van der Waals surface area contributed by atoms with Gasteiger partial charge in [0.05, 0.1) is 0 Å². The molecule has 0 aliphatic carbocycles. The number of hydrogen-bond donors (Lipinski definition) is 1. The molecule has 0 atom stereocenters. The Kier molecular flexibility index (Phi) is 4.66. The first kappa shape index (κ1) is 14.1. The number of rotatable bonds is 4. The van der Waals surface area contributed by atoms with Crippen LogP contribution in [0, 0.1) is 0 Å². The maximum Gasteiger partial charge on any atom is 0.191 e. The van der Waals surface area contributed by atoms with Gasteiger partial charge in [0.2, 0.25) is 0 Å². The van der Waals surface area contributed by atoms with Gasteiger partial charge in [-0.05, 0) is 24.0 Å². The molecule has 1 aromatic carbocycles. The fourth-order valence-corrected chi connectivity index (χ4v) is 2.54. The molecule has 2 rings (SSSR count). The second-order valence-electron chi connectivity index (χ2n) is 4.12. The average Bonchev–Trinajstić information content (AvgIpc) is 2.38. The van der Waals surface area contributed by atoms with Crippen LogP contribution in [0.2, 0.25) is 0 Å². The normalized spacial score (nSPS) is 10.5. The summed E-state index contributed by atoms with van der Waals surface area (Å²) in [4.78, 5) is 10.7. The Bertz CT molecular complexity index is 576. The summed E-state index contributed by atoms with van der Waals surface area (Å²) < 4.78 is 1.07. The first-order chi connectivity index (χ1) is 9.08. The van der Waals surface area contributed by atoms with Crippen LogP contribution in [0.25, 0.3) is 0 Å². The van der Waals surface area contributed by atoms with E-state index in [9.17, 15) is 0 Å². The summed E-state index contributed by atoms with van der Waals surface area (Å²) in [5.41, 5.74) is 7.00. The topological polar surface area (TPSA) is 55.0 Å². The zero-order chi connectivity index (χ0) is 13.8. The number of thioether (sulfide) groups is 1. The fourth-order valence-electron chi connectivity index (χ4n) is 1.71. The molecular formula is C13H15BrN4S. The van der Waals surface area contributed by atoms with E-state index in [4.69, 9.17) is 5.73 Å². The van der Waals surface area contributed by atoms with Gasteiger partial charge in [0, 0.05) is 24.1 Å². The number of hydrogen-bond acceptors (Lipinski definition) is 5. The highest BCUT2D eigenvalue weighted by Gasteiger charge is 2.07. The minimum Gasteiger partial charge on any atom is -0.383 e. The smallest absolute Gasteiger partial charge is 0.191 e. The molecule has 1 aromatic heterocycles. The van der Waals surface area contributed by atoms with Crippen molar-refractivity contribution in [2.24, 2.45) is 0 Å². The highest BCUT2D eigenvalue weighted by atomic mass is 79.9. The molecule has 2 aromatic rings. The molecule has 6 heteroatoms.